The molecule has 0 aliphatic carbocycles. The molecule has 0 saturated carbocycles. The number of esters is 1. The van der Waals surface area contributed by atoms with Gasteiger partial charge in [0.2, 0.25) is 0 Å². The van der Waals surface area contributed by atoms with Crippen LogP contribution in [0, 0.1) is 0 Å². The Morgan fingerprint density at radius 2 is 1.93 bits per heavy atom. The predicted octanol–water partition coefficient (Wildman–Crippen LogP) is 3.38. The molecule has 2 heteroatoms. The molecule has 0 unspecified atom stereocenters. The van der Waals surface area contributed by atoms with Crippen LogP contribution in [-0.2, 0) is 4.74 Å². The van der Waals surface area contributed by atoms with Crippen LogP contribution < -0.4 is 0 Å². The number of carbonyl (C=O) groups is 1. The molecule has 0 heterocycles. The van der Waals surface area contributed by atoms with Crippen molar-refractivity contribution in [3.63, 3.8) is 0 Å². The van der Waals surface area contributed by atoms with Gasteiger partial charge in [0, 0.05) is 0 Å². The molecule has 0 fully saturated rings. The normalized spacial score (nSPS) is 12.2. The molecule has 0 N–H and O–H groups in total. The van der Waals surface area contributed by atoms with Crippen molar-refractivity contribution in [2.24, 2.45) is 0 Å². The molecule has 0 aromatic heterocycles. The van der Waals surface area contributed by atoms with E-state index in [1.54, 1.807) is 0 Å². The molecule has 82 valence electrons. The lowest BCUT2D eigenvalue weighted by Gasteiger charge is -2.10. The van der Waals surface area contributed by atoms with Crippen molar-refractivity contribution in [1.29, 1.82) is 0 Å². The first kappa shape index (κ1) is 11.8. The van der Waals surface area contributed by atoms with E-state index in [1.807, 2.05) is 24.3 Å². The Morgan fingerprint density at radius 1 is 1.33 bits per heavy atom. The molecule has 0 amide bonds. The number of hydrogen-bond donors (Lipinski definition) is 0. The van der Waals surface area contributed by atoms with Crippen LogP contribution in [0.25, 0.3) is 0 Å². The quantitative estimate of drug-likeness (QED) is 0.706. The number of ether oxygens (including phenoxy) is 1. The van der Waals surface area contributed by atoms with Crippen LogP contribution in [0.1, 0.15) is 48.5 Å². The van der Waals surface area contributed by atoms with Gasteiger partial charge in [-0.1, -0.05) is 32.4 Å². The summed E-state index contributed by atoms with van der Waals surface area (Å²) < 4.78 is 4.65. The highest BCUT2D eigenvalue weighted by molar-refractivity contribution is 5.89. The molecule has 1 aromatic rings. The highest BCUT2D eigenvalue weighted by Gasteiger charge is 2.07. The fraction of sp³-hybridized carbons (Fsp3) is 0.462. The standard InChI is InChI=1S/C13H18O2/c1-4-5-10(2)11-6-8-12(9-7-11)13(14)15-3/h6-10H,4-5H2,1-3H3/t10-/m0/s1. The fourth-order valence-electron chi connectivity index (χ4n) is 1.67. The lowest BCUT2D eigenvalue weighted by molar-refractivity contribution is 0.0600. The van der Waals surface area contributed by atoms with Gasteiger partial charge in [0.15, 0.2) is 0 Å². The molecule has 0 aliphatic rings. The van der Waals surface area contributed by atoms with E-state index in [-0.39, 0.29) is 5.97 Å². The van der Waals surface area contributed by atoms with Crippen molar-refractivity contribution in [2.75, 3.05) is 7.11 Å². The Labute approximate surface area is 91.3 Å². The van der Waals surface area contributed by atoms with Crippen LogP contribution >= 0.6 is 0 Å². The van der Waals surface area contributed by atoms with Crippen molar-refractivity contribution >= 4 is 5.97 Å². The van der Waals surface area contributed by atoms with E-state index in [0.717, 1.165) is 0 Å². The van der Waals surface area contributed by atoms with Crippen molar-refractivity contribution in [3.8, 4) is 0 Å². The summed E-state index contributed by atoms with van der Waals surface area (Å²) in [5, 5.41) is 0. The summed E-state index contributed by atoms with van der Waals surface area (Å²) in [4.78, 5) is 11.2. The van der Waals surface area contributed by atoms with Gasteiger partial charge >= 0.3 is 5.97 Å². The molecule has 1 atom stereocenters. The fourth-order valence-corrected chi connectivity index (χ4v) is 1.67. The number of methoxy groups -OCH3 is 1. The highest BCUT2D eigenvalue weighted by atomic mass is 16.5. The molecule has 2 nitrogen and oxygen atoms in total. The summed E-state index contributed by atoms with van der Waals surface area (Å²) in [6, 6.07) is 7.67. The third kappa shape index (κ3) is 3.08. The monoisotopic (exact) mass is 206 g/mol. The van der Waals surface area contributed by atoms with Crippen LogP contribution in [0.5, 0.6) is 0 Å². The van der Waals surface area contributed by atoms with Crippen molar-refractivity contribution in [1.82, 2.24) is 0 Å². The van der Waals surface area contributed by atoms with Crippen LogP contribution in [0.4, 0.5) is 0 Å². The molecule has 0 saturated heterocycles. The van der Waals surface area contributed by atoms with Gasteiger partial charge in [0.1, 0.15) is 0 Å². The third-order valence-electron chi connectivity index (χ3n) is 2.62. The molecule has 0 aliphatic heterocycles. The van der Waals surface area contributed by atoms with E-state index in [1.165, 1.54) is 25.5 Å². The first-order valence-corrected chi connectivity index (χ1v) is 5.37. The second kappa shape index (κ2) is 5.54. The van der Waals surface area contributed by atoms with Gasteiger partial charge in [-0.2, -0.15) is 0 Å². The zero-order valence-electron chi connectivity index (χ0n) is 9.62. The molecule has 0 spiro atoms. The minimum atomic E-state index is -0.273. The summed E-state index contributed by atoms with van der Waals surface area (Å²) in [7, 11) is 1.40. The van der Waals surface area contributed by atoms with Gasteiger partial charge in [0.25, 0.3) is 0 Å². The summed E-state index contributed by atoms with van der Waals surface area (Å²) in [6.07, 6.45) is 2.36. The number of hydrogen-bond acceptors (Lipinski definition) is 2. The molecule has 0 bridgehead atoms. The zero-order valence-corrected chi connectivity index (χ0v) is 9.62. The Morgan fingerprint density at radius 3 is 2.40 bits per heavy atom. The first-order valence-electron chi connectivity index (χ1n) is 5.37. The van der Waals surface area contributed by atoms with Crippen molar-refractivity contribution in [3.05, 3.63) is 35.4 Å². The highest BCUT2D eigenvalue weighted by Crippen LogP contribution is 2.20. The smallest absolute Gasteiger partial charge is 0.337 e. The largest absolute Gasteiger partial charge is 0.465 e. The first-order chi connectivity index (χ1) is 7.19. The van der Waals surface area contributed by atoms with Gasteiger partial charge in [-0.15, -0.1) is 0 Å². The number of rotatable bonds is 4. The topological polar surface area (TPSA) is 26.3 Å². The average Bonchev–Trinajstić information content (AvgIpc) is 2.28. The Kier molecular flexibility index (Phi) is 4.35. The lowest BCUT2D eigenvalue weighted by Crippen LogP contribution is -2.01. The Hall–Kier alpha value is -1.31. The van der Waals surface area contributed by atoms with E-state index in [2.05, 4.69) is 18.6 Å². The molecular formula is C13H18O2. The van der Waals surface area contributed by atoms with E-state index < -0.39 is 0 Å². The second-order valence-corrected chi connectivity index (χ2v) is 3.80. The molecule has 15 heavy (non-hydrogen) atoms. The average molecular weight is 206 g/mol. The summed E-state index contributed by atoms with van der Waals surface area (Å²) in [6.45, 7) is 4.38. The van der Waals surface area contributed by atoms with Crippen LogP contribution in [0.15, 0.2) is 24.3 Å². The summed E-state index contributed by atoms with van der Waals surface area (Å²) >= 11 is 0. The Balaban J connectivity index is 2.76. The van der Waals surface area contributed by atoms with Crippen LogP contribution in [0.2, 0.25) is 0 Å². The van der Waals surface area contributed by atoms with E-state index in [4.69, 9.17) is 0 Å². The van der Waals surface area contributed by atoms with Crippen molar-refractivity contribution in [2.45, 2.75) is 32.6 Å². The predicted molar refractivity (Wildman–Crippen MR) is 61.1 cm³/mol. The lowest BCUT2D eigenvalue weighted by atomic mass is 9.96. The maximum absolute atomic E-state index is 11.2. The van der Waals surface area contributed by atoms with Gasteiger partial charge in [0.05, 0.1) is 12.7 Å². The minimum Gasteiger partial charge on any atom is -0.465 e. The molecule has 1 aromatic carbocycles. The molecule has 0 radical (unpaired) electrons. The number of benzene rings is 1. The van der Waals surface area contributed by atoms with Gasteiger partial charge < -0.3 is 4.74 Å². The third-order valence-corrected chi connectivity index (χ3v) is 2.62. The number of carbonyl (C=O) groups excluding carboxylic acids is 1. The second-order valence-electron chi connectivity index (χ2n) is 3.80. The zero-order chi connectivity index (χ0) is 11.3. The molecule has 1 rings (SSSR count). The van der Waals surface area contributed by atoms with Crippen LogP contribution in [-0.4, -0.2) is 13.1 Å². The van der Waals surface area contributed by atoms with E-state index >= 15 is 0 Å². The SMILES string of the molecule is CCC[C@H](C)c1ccc(C(=O)OC)cc1. The molecular weight excluding hydrogens is 188 g/mol. The Bertz CT molecular complexity index is 314. The van der Waals surface area contributed by atoms with Gasteiger partial charge in [-0.05, 0) is 30.0 Å². The van der Waals surface area contributed by atoms with E-state index in [0.29, 0.717) is 11.5 Å². The minimum absolute atomic E-state index is 0.273. The maximum Gasteiger partial charge on any atom is 0.337 e. The summed E-state index contributed by atoms with van der Waals surface area (Å²) in [5.74, 6) is 0.284. The maximum atomic E-state index is 11.2. The van der Waals surface area contributed by atoms with Crippen LogP contribution in [0.3, 0.4) is 0 Å². The van der Waals surface area contributed by atoms with E-state index in [9.17, 15) is 4.79 Å². The summed E-state index contributed by atoms with van der Waals surface area (Å²) in [5.41, 5.74) is 1.90. The van der Waals surface area contributed by atoms with Gasteiger partial charge in [-0.3, -0.25) is 0 Å². The van der Waals surface area contributed by atoms with Crippen molar-refractivity contribution < 1.29 is 9.53 Å². The van der Waals surface area contributed by atoms with Gasteiger partial charge in [-0.25, -0.2) is 4.79 Å².